The van der Waals surface area contributed by atoms with E-state index < -0.39 is 23.8 Å². The van der Waals surface area contributed by atoms with Gasteiger partial charge in [-0.25, -0.2) is 9.18 Å². The number of carbonyl (C=O) groups is 2. The van der Waals surface area contributed by atoms with E-state index in [-0.39, 0.29) is 10.7 Å². The average molecular weight is 470 g/mol. The molecule has 0 bridgehead atoms. The van der Waals surface area contributed by atoms with Gasteiger partial charge in [0.1, 0.15) is 5.82 Å². The van der Waals surface area contributed by atoms with Crippen molar-refractivity contribution in [2.45, 2.75) is 40.3 Å². The zero-order valence-electron chi connectivity index (χ0n) is 18.9. The lowest BCUT2D eigenvalue weighted by atomic mass is 10.1. The summed E-state index contributed by atoms with van der Waals surface area (Å²) >= 11 is 5.91. The minimum atomic E-state index is -1.07. The zero-order chi connectivity index (χ0) is 24.1. The van der Waals surface area contributed by atoms with Crippen molar-refractivity contribution in [3.8, 4) is 0 Å². The van der Waals surface area contributed by atoms with Gasteiger partial charge >= 0.3 is 5.97 Å². The molecule has 0 spiro atoms. The molecule has 3 rings (SSSR count). The molecule has 8 heteroatoms. The first-order chi connectivity index (χ1) is 15.6. The van der Waals surface area contributed by atoms with Crippen molar-refractivity contribution in [3.63, 3.8) is 0 Å². The van der Waals surface area contributed by atoms with Gasteiger partial charge in [0.15, 0.2) is 6.10 Å². The summed E-state index contributed by atoms with van der Waals surface area (Å²) in [5.41, 5.74) is 5.05. The van der Waals surface area contributed by atoms with Gasteiger partial charge < -0.3 is 10.1 Å². The minimum Gasteiger partial charge on any atom is -0.449 e. The smallest absolute Gasteiger partial charge is 0.331 e. The summed E-state index contributed by atoms with van der Waals surface area (Å²) in [6, 6.07) is 11.8. The van der Waals surface area contributed by atoms with Crippen LogP contribution >= 0.6 is 11.6 Å². The molecule has 0 saturated heterocycles. The van der Waals surface area contributed by atoms with Gasteiger partial charge in [0.25, 0.3) is 5.91 Å². The number of nitrogens with zero attached hydrogens (tertiary/aromatic N) is 2. The van der Waals surface area contributed by atoms with Crippen LogP contribution in [0.15, 0.2) is 48.5 Å². The highest BCUT2D eigenvalue weighted by atomic mass is 35.5. The summed E-state index contributed by atoms with van der Waals surface area (Å²) in [5.74, 6) is -1.77. The molecule has 0 aliphatic rings. The molecule has 0 fully saturated rings. The lowest BCUT2D eigenvalue weighted by Gasteiger charge is -2.13. The summed E-state index contributed by atoms with van der Waals surface area (Å²) in [7, 11) is 0. The molecule has 1 N–H and O–H groups in total. The van der Waals surface area contributed by atoms with Crippen LogP contribution in [0.1, 0.15) is 35.0 Å². The highest BCUT2D eigenvalue weighted by molar-refractivity contribution is 6.33. The zero-order valence-corrected chi connectivity index (χ0v) is 19.6. The molecular weight excluding hydrogens is 445 g/mol. The van der Waals surface area contributed by atoms with Crippen molar-refractivity contribution >= 4 is 35.2 Å². The predicted molar refractivity (Wildman–Crippen MR) is 127 cm³/mol. The van der Waals surface area contributed by atoms with Gasteiger partial charge in [-0.2, -0.15) is 5.10 Å². The fourth-order valence-electron chi connectivity index (χ4n) is 3.22. The van der Waals surface area contributed by atoms with Crippen LogP contribution in [0.5, 0.6) is 0 Å². The molecule has 0 aliphatic carbocycles. The van der Waals surface area contributed by atoms with Crippen LogP contribution in [0.25, 0.3) is 6.08 Å². The van der Waals surface area contributed by atoms with E-state index >= 15 is 0 Å². The number of nitrogens with one attached hydrogen (secondary N) is 1. The van der Waals surface area contributed by atoms with E-state index in [2.05, 4.69) is 34.7 Å². The van der Waals surface area contributed by atoms with Crippen molar-refractivity contribution in [2.75, 3.05) is 5.32 Å². The molecule has 3 aromatic rings. The normalized spacial score (nSPS) is 12.1. The van der Waals surface area contributed by atoms with Gasteiger partial charge in [0.05, 0.1) is 22.9 Å². The molecule has 0 aliphatic heterocycles. The second kappa shape index (κ2) is 10.4. The summed E-state index contributed by atoms with van der Waals surface area (Å²) in [5, 5.41) is 7.13. The molecule has 33 heavy (non-hydrogen) atoms. The van der Waals surface area contributed by atoms with Crippen LogP contribution in [0, 0.1) is 26.6 Å². The monoisotopic (exact) mass is 469 g/mol. The standard InChI is InChI=1S/C25H25ClFN3O3/c1-15-5-7-19(8-6-15)14-30-17(3)21(16(2)29-30)10-12-24(31)33-18(4)25(32)28-23-11-9-20(27)13-22(23)26/h5-13,18H,14H2,1-4H3,(H,28,32)/b12-10+. The molecule has 1 atom stereocenters. The second-order valence-electron chi connectivity index (χ2n) is 7.75. The second-order valence-corrected chi connectivity index (χ2v) is 8.16. The van der Waals surface area contributed by atoms with Crippen molar-refractivity contribution < 1.29 is 18.7 Å². The summed E-state index contributed by atoms with van der Waals surface area (Å²) in [6.07, 6.45) is 1.82. The maximum Gasteiger partial charge on any atom is 0.331 e. The molecule has 6 nitrogen and oxygen atoms in total. The van der Waals surface area contributed by atoms with Crippen LogP contribution < -0.4 is 5.32 Å². The molecule has 0 radical (unpaired) electrons. The molecule has 1 unspecified atom stereocenters. The maximum atomic E-state index is 13.1. The minimum absolute atomic E-state index is 0.0513. The Morgan fingerprint density at radius 1 is 1.18 bits per heavy atom. The molecule has 1 aromatic heterocycles. The van der Waals surface area contributed by atoms with E-state index in [1.54, 1.807) is 6.08 Å². The molecular formula is C25H25ClFN3O3. The van der Waals surface area contributed by atoms with Gasteiger partial charge in [0, 0.05) is 17.3 Å². The number of rotatable bonds is 7. The Hall–Kier alpha value is -3.45. The Bertz CT molecular complexity index is 1200. The number of aromatic nitrogens is 2. The number of carbonyl (C=O) groups excluding carboxylic acids is 2. The number of ether oxygens (including phenoxy) is 1. The number of anilines is 1. The van der Waals surface area contributed by atoms with E-state index in [9.17, 15) is 14.0 Å². The first-order valence-electron chi connectivity index (χ1n) is 10.4. The van der Waals surface area contributed by atoms with E-state index in [4.69, 9.17) is 16.3 Å². The summed E-state index contributed by atoms with van der Waals surface area (Å²) < 4.78 is 20.2. The Kier molecular flexibility index (Phi) is 7.66. The third-order valence-corrected chi connectivity index (χ3v) is 5.44. The summed E-state index contributed by atoms with van der Waals surface area (Å²) in [6.45, 7) is 7.90. The Balaban J connectivity index is 1.62. The quantitative estimate of drug-likeness (QED) is 0.379. The van der Waals surface area contributed by atoms with Crippen LogP contribution in [0.2, 0.25) is 5.02 Å². The van der Waals surface area contributed by atoms with E-state index in [0.29, 0.717) is 6.54 Å². The van der Waals surface area contributed by atoms with Crippen molar-refractivity contribution in [1.82, 2.24) is 9.78 Å². The number of hydrogen-bond donors (Lipinski definition) is 1. The van der Waals surface area contributed by atoms with Crippen molar-refractivity contribution in [2.24, 2.45) is 0 Å². The van der Waals surface area contributed by atoms with Gasteiger partial charge in [-0.3, -0.25) is 9.48 Å². The SMILES string of the molecule is Cc1ccc(Cn2nc(C)c(/C=C/C(=O)OC(C)C(=O)Nc3ccc(F)cc3Cl)c2C)cc1. The predicted octanol–water partition coefficient (Wildman–Crippen LogP) is 5.23. The lowest BCUT2D eigenvalue weighted by molar-refractivity contribution is -0.148. The first kappa shape index (κ1) is 24.2. The third kappa shape index (κ3) is 6.29. The molecule has 1 amide bonds. The highest BCUT2D eigenvalue weighted by Gasteiger charge is 2.18. The van der Waals surface area contributed by atoms with E-state index in [1.807, 2.05) is 25.5 Å². The average Bonchev–Trinajstić information content (AvgIpc) is 3.02. The fraction of sp³-hybridized carbons (Fsp3) is 0.240. The number of benzene rings is 2. The van der Waals surface area contributed by atoms with Gasteiger partial charge in [0.2, 0.25) is 0 Å². The number of halogens is 2. The van der Waals surface area contributed by atoms with Gasteiger partial charge in [-0.1, -0.05) is 41.4 Å². The van der Waals surface area contributed by atoms with E-state index in [0.717, 1.165) is 28.6 Å². The topological polar surface area (TPSA) is 73.2 Å². The highest BCUT2D eigenvalue weighted by Crippen LogP contribution is 2.23. The molecule has 172 valence electrons. The van der Waals surface area contributed by atoms with Crippen LogP contribution in [0.4, 0.5) is 10.1 Å². The lowest BCUT2D eigenvalue weighted by Crippen LogP contribution is -2.29. The number of aryl methyl sites for hydroxylation is 2. The maximum absolute atomic E-state index is 13.1. The van der Waals surface area contributed by atoms with Crippen LogP contribution in [0.3, 0.4) is 0 Å². The van der Waals surface area contributed by atoms with Gasteiger partial charge in [-0.05, 0) is 57.5 Å². The Morgan fingerprint density at radius 3 is 2.55 bits per heavy atom. The fourth-order valence-corrected chi connectivity index (χ4v) is 3.43. The number of hydrogen-bond acceptors (Lipinski definition) is 4. The van der Waals surface area contributed by atoms with Crippen LogP contribution in [-0.4, -0.2) is 27.8 Å². The first-order valence-corrected chi connectivity index (χ1v) is 10.8. The Labute approximate surface area is 197 Å². The molecule has 1 heterocycles. The Morgan fingerprint density at radius 2 is 1.88 bits per heavy atom. The van der Waals surface area contributed by atoms with Crippen molar-refractivity contribution in [1.29, 1.82) is 0 Å². The van der Waals surface area contributed by atoms with Crippen molar-refractivity contribution in [3.05, 3.63) is 87.5 Å². The largest absolute Gasteiger partial charge is 0.449 e. The third-order valence-electron chi connectivity index (χ3n) is 5.13. The summed E-state index contributed by atoms with van der Waals surface area (Å²) in [4.78, 5) is 24.5. The molecule has 2 aromatic carbocycles. The number of esters is 1. The van der Waals surface area contributed by atoms with E-state index in [1.165, 1.54) is 30.7 Å². The number of amides is 1. The molecule has 0 saturated carbocycles. The van der Waals surface area contributed by atoms with Gasteiger partial charge in [-0.15, -0.1) is 0 Å². The van der Waals surface area contributed by atoms with Crippen LogP contribution in [-0.2, 0) is 20.9 Å².